The minimum Gasteiger partial charge on any atom is -0.497 e. The Hall–Kier alpha value is -1.91. The smallest absolute Gasteiger partial charge is 0.393 e. The number of alkyl halides is 3. The van der Waals surface area contributed by atoms with E-state index in [2.05, 4.69) is 11.8 Å². The van der Waals surface area contributed by atoms with Crippen molar-refractivity contribution in [3.05, 3.63) is 34.9 Å². The highest BCUT2D eigenvalue weighted by Gasteiger charge is 2.41. The fourth-order valence-corrected chi connectivity index (χ4v) is 5.17. The molecule has 0 spiro atoms. The van der Waals surface area contributed by atoms with E-state index in [0.717, 1.165) is 43.2 Å². The Morgan fingerprint density at radius 1 is 1.09 bits per heavy atom. The van der Waals surface area contributed by atoms with E-state index in [1.807, 2.05) is 33.7 Å². The van der Waals surface area contributed by atoms with Gasteiger partial charge >= 0.3 is 6.18 Å². The van der Waals surface area contributed by atoms with Crippen LogP contribution in [0.5, 0.6) is 5.75 Å². The summed E-state index contributed by atoms with van der Waals surface area (Å²) in [7, 11) is 1.62. The Bertz CT molecular complexity index is 981. The van der Waals surface area contributed by atoms with Crippen LogP contribution in [0, 0.1) is 10.7 Å². The molecule has 10 heteroatoms. The van der Waals surface area contributed by atoms with Crippen LogP contribution in [-0.2, 0) is 6.67 Å². The number of rotatable bonds is 6. The number of hydrogen-bond acceptors (Lipinski definition) is 5. The second kappa shape index (κ2) is 10.1. The SMILES string of the molecule is COc1ccc(-n2c([C@@H](C)N3CCCCC3)nn(CN3CCC[C@@H](C(F)(F)F)C3)c2=S)cc1. The first-order valence-corrected chi connectivity index (χ1v) is 12.1. The first-order valence-electron chi connectivity index (χ1n) is 11.6. The van der Waals surface area contributed by atoms with Crippen LogP contribution in [0.4, 0.5) is 13.2 Å². The van der Waals surface area contributed by atoms with Crippen LogP contribution < -0.4 is 4.74 Å². The summed E-state index contributed by atoms with van der Waals surface area (Å²) in [6.07, 6.45) is 0.0762. The minimum absolute atomic E-state index is 0.0162. The van der Waals surface area contributed by atoms with E-state index in [-0.39, 0.29) is 25.7 Å². The van der Waals surface area contributed by atoms with Crippen molar-refractivity contribution >= 4 is 12.2 Å². The third-order valence-corrected chi connectivity index (χ3v) is 7.20. The molecule has 0 unspecified atom stereocenters. The number of aromatic nitrogens is 3. The van der Waals surface area contributed by atoms with Crippen molar-refractivity contribution in [2.75, 3.05) is 33.3 Å². The van der Waals surface area contributed by atoms with Crippen LogP contribution in [0.1, 0.15) is 50.9 Å². The molecule has 2 fully saturated rings. The Kier molecular flexibility index (Phi) is 7.45. The molecule has 1 aromatic carbocycles. The van der Waals surface area contributed by atoms with Crippen molar-refractivity contribution in [1.82, 2.24) is 24.1 Å². The van der Waals surface area contributed by atoms with Gasteiger partial charge in [0.1, 0.15) is 5.75 Å². The predicted molar refractivity (Wildman–Crippen MR) is 123 cm³/mol. The molecule has 182 valence electrons. The molecule has 2 aliphatic rings. The Balaban J connectivity index is 1.66. The highest BCUT2D eigenvalue weighted by atomic mass is 32.1. The molecule has 0 N–H and O–H groups in total. The monoisotopic (exact) mass is 483 g/mol. The molecular weight excluding hydrogens is 451 g/mol. The summed E-state index contributed by atoms with van der Waals surface area (Å²) in [5.41, 5.74) is 0.873. The molecule has 0 radical (unpaired) electrons. The number of halogens is 3. The van der Waals surface area contributed by atoms with Crippen molar-refractivity contribution in [1.29, 1.82) is 0 Å². The summed E-state index contributed by atoms with van der Waals surface area (Å²) in [4.78, 5) is 4.23. The van der Waals surface area contributed by atoms with Gasteiger partial charge in [-0.2, -0.15) is 18.3 Å². The summed E-state index contributed by atoms with van der Waals surface area (Å²) >= 11 is 5.81. The maximum atomic E-state index is 13.3. The Morgan fingerprint density at radius 2 is 1.79 bits per heavy atom. The molecule has 6 nitrogen and oxygen atoms in total. The minimum atomic E-state index is -4.17. The molecule has 1 aromatic heterocycles. The van der Waals surface area contributed by atoms with Gasteiger partial charge in [-0.1, -0.05) is 6.42 Å². The molecule has 0 aliphatic carbocycles. The maximum absolute atomic E-state index is 13.3. The van der Waals surface area contributed by atoms with Crippen LogP contribution in [0.25, 0.3) is 5.69 Å². The number of nitrogens with zero attached hydrogens (tertiary/aromatic N) is 5. The number of piperidine rings is 2. The van der Waals surface area contributed by atoms with Gasteiger partial charge in [0, 0.05) is 12.2 Å². The van der Waals surface area contributed by atoms with E-state index in [4.69, 9.17) is 22.1 Å². The van der Waals surface area contributed by atoms with Crippen molar-refractivity contribution < 1.29 is 17.9 Å². The highest BCUT2D eigenvalue weighted by molar-refractivity contribution is 7.71. The lowest BCUT2D eigenvalue weighted by Gasteiger charge is -2.33. The molecule has 4 rings (SSSR count). The van der Waals surface area contributed by atoms with E-state index in [1.54, 1.807) is 11.8 Å². The predicted octanol–water partition coefficient (Wildman–Crippen LogP) is 5.19. The quantitative estimate of drug-likeness (QED) is 0.529. The van der Waals surface area contributed by atoms with Gasteiger partial charge in [0.15, 0.2) is 5.82 Å². The summed E-state index contributed by atoms with van der Waals surface area (Å²) < 4.78 is 49.3. The van der Waals surface area contributed by atoms with E-state index in [9.17, 15) is 13.2 Å². The number of benzene rings is 1. The van der Waals surface area contributed by atoms with Crippen LogP contribution in [0.15, 0.2) is 24.3 Å². The maximum Gasteiger partial charge on any atom is 0.393 e. The van der Waals surface area contributed by atoms with Crippen LogP contribution in [0.2, 0.25) is 0 Å². The van der Waals surface area contributed by atoms with Crippen LogP contribution in [0.3, 0.4) is 0 Å². The van der Waals surface area contributed by atoms with Gasteiger partial charge < -0.3 is 4.74 Å². The zero-order chi connectivity index (χ0) is 23.6. The van der Waals surface area contributed by atoms with Crippen molar-refractivity contribution in [3.8, 4) is 11.4 Å². The highest BCUT2D eigenvalue weighted by Crippen LogP contribution is 2.33. The molecule has 2 atom stereocenters. The topological polar surface area (TPSA) is 38.5 Å². The van der Waals surface area contributed by atoms with Crippen molar-refractivity contribution in [2.45, 2.75) is 57.9 Å². The summed E-state index contributed by atoms with van der Waals surface area (Å²) in [5.74, 6) is 0.266. The molecule has 0 bridgehead atoms. The lowest BCUT2D eigenvalue weighted by Crippen LogP contribution is -2.42. The fraction of sp³-hybridized carbons (Fsp3) is 0.652. The lowest BCUT2D eigenvalue weighted by molar-refractivity contribution is -0.188. The average molecular weight is 484 g/mol. The van der Waals surface area contributed by atoms with Gasteiger partial charge in [0.25, 0.3) is 0 Å². The average Bonchev–Trinajstić information content (AvgIpc) is 3.14. The first-order chi connectivity index (χ1) is 15.8. The molecule has 3 heterocycles. The number of likely N-dealkylation sites (tertiary alicyclic amines) is 2. The third-order valence-electron chi connectivity index (χ3n) is 6.81. The van der Waals surface area contributed by atoms with Crippen molar-refractivity contribution in [3.63, 3.8) is 0 Å². The summed E-state index contributed by atoms with van der Waals surface area (Å²) in [6, 6.07) is 7.67. The van der Waals surface area contributed by atoms with Gasteiger partial charge in [-0.15, -0.1) is 0 Å². The molecule has 2 aromatic rings. The Morgan fingerprint density at radius 3 is 2.42 bits per heavy atom. The molecule has 2 aliphatic heterocycles. The Labute approximate surface area is 197 Å². The van der Waals surface area contributed by atoms with E-state index in [1.165, 1.54) is 6.42 Å². The lowest BCUT2D eigenvalue weighted by atomic mass is 9.98. The van der Waals surface area contributed by atoms with E-state index < -0.39 is 12.1 Å². The van der Waals surface area contributed by atoms with Crippen LogP contribution >= 0.6 is 12.2 Å². The zero-order valence-electron chi connectivity index (χ0n) is 19.2. The van der Waals surface area contributed by atoms with Gasteiger partial charge in [0.2, 0.25) is 4.77 Å². The van der Waals surface area contributed by atoms with Crippen molar-refractivity contribution in [2.24, 2.45) is 5.92 Å². The molecular formula is C23H32F3N5OS. The van der Waals surface area contributed by atoms with E-state index in [0.29, 0.717) is 17.7 Å². The van der Waals surface area contributed by atoms with Gasteiger partial charge in [-0.3, -0.25) is 14.4 Å². The summed E-state index contributed by atoms with van der Waals surface area (Å²) in [6.45, 7) is 4.99. The fourth-order valence-electron chi connectivity index (χ4n) is 4.87. The second-order valence-electron chi connectivity index (χ2n) is 9.05. The molecule has 0 amide bonds. The largest absolute Gasteiger partial charge is 0.497 e. The molecule has 2 saturated heterocycles. The number of hydrogen-bond donors (Lipinski definition) is 0. The second-order valence-corrected chi connectivity index (χ2v) is 9.41. The van der Waals surface area contributed by atoms with Gasteiger partial charge in [-0.25, -0.2) is 4.68 Å². The van der Waals surface area contributed by atoms with Crippen LogP contribution in [-0.4, -0.2) is 63.6 Å². The van der Waals surface area contributed by atoms with E-state index >= 15 is 0 Å². The number of ether oxygens (including phenoxy) is 1. The zero-order valence-corrected chi connectivity index (χ0v) is 20.0. The molecule has 33 heavy (non-hydrogen) atoms. The summed E-state index contributed by atoms with van der Waals surface area (Å²) in [5, 5.41) is 4.86. The molecule has 0 saturated carbocycles. The normalized spacial score (nSPS) is 21.8. The van der Waals surface area contributed by atoms with Gasteiger partial charge in [-0.05, 0) is 88.7 Å². The number of methoxy groups -OCH3 is 1. The standard InChI is InChI=1S/C23H32F3N5OS/c1-17(29-13-4-3-5-14-29)21-27-30(16-28-12-6-7-18(15-28)23(24,25)26)22(33)31(21)19-8-10-20(32-2)11-9-19/h8-11,17-18H,3-7,12-16H2,1-2H3/t17-,18-/m1/s1. The first kappa shape index (κ1) is 24.2. The third kappa shape index (κ3) is 5.44. The van der Waals surface area contributed by atoms with Gasteiger partial charge in [0.05, 0.1) is 25.7 Å².